The van der Waals surface area contributed by atoms with Crippen LogP contribution in [0, 0.1) is 5.82 Å². The van der Waals surface area contributed by atoms with E-state index in [1.165, 1.54) is 40.2 Å². The SMILES string of the molecule is CCOC(=O)c1c(NC(=O)CSc2nc3c([nH]c4ccccc43)c(=O)n2-c2ccc(F)cc2)sc2c1CCCCC2. The fraction of sp³-hybridized carbons (Fsp3) is 0.267. The largest absolute Gasteiger partial charge is 0.462 e. The summed E-state index contributed by atoms with van der Waals surface area (Å²) in [7, 11) is 0. The van der Waals surface area contributed by atoms with E-state index in [-0.39, 0.29) is 23.8 Å². The van der Waals surface area contributed by atoms with Crippen LogP contribution in [0.2, 0.25) is 0 Å². The maximum Gasteiger partial charge on any atom is 0.341 e. The summed E-state index contributed by atoms with van der Waals surface area (Å²) in [6.07, 6.45) is 4.79. The van der Waals surface area contributed by atoms with Gasteiger partial charge >= 0.3 is 5.97 Å². The normalized spacial score (nSPS) is 13.2. The van der Waals surface area contributed by atoms with Crippen LogP contribution in [0.3, 0.4) is 0 Å². The zero-order valence-electron chi connectivity index (χ0n) is 22.3. The number of H-pyrrole nitrogens is 1. The topological polar surface area (TPSA) is 106 Å². The molecule has 1 aliphatic carbocycles. The van der Waals surface area contributed by atoms with Crippen LogP contribution in [0.25, 0.3) is 27.6 Å². The molecule has 11 heteroatoms. The number of nitrogens with zero attached hydrogens (tertiary/aromatic N) is 2. The van der Waals surface area contributed by atoms with E-state index in [1.807, 2.05) is 24.3 Å². The maximum absolute atomic E-state index is 13.7. The van der Waals surface area contributed by atoms with Gasteiger partial charge in [-0.25, -0.2) is 14.2 Å². The number of para-hydroxylation sites is 1. The first-order chi connectivity index (χ1) is 19.9. The Morgan fingerprint density at radius 3 is 2.71 bits per heavy atom. The van der Waals surface area contributed by atoms with Crippen molar-refractivity contribution in [3.63, 3.8) is 0 Å². The Morgan fingerprint density at radius 1 is 1.12 bits per heavy atom. The first-order valence-electron chi connectivity index (χ1n) is 13.5. The van der Waals surface area contributed by atoms with Crippen molar-refractivity contribution in [1.82, 2.24) is 14.5 Å². The molecule has 2 aromatic carbocycles. The van der Waals surface area contributed by atoms with Gasteiger partial charge in [-0.1, -0.05) is 36.4 Å². The number of aryl methyl sites for hydroxylation is 1. The van der Waals surface area contributed by atoms with Crippen LogP contribution in [-0.4, -0.2) is 38.8 Å². The number of rotatable bonds is 7. The average molecular weight is 591 g/mol. The van der Waals surface area contributed by atoms with Crippen LogP contribution in [0.4, 0.5) is 9.39 Å². The van der Waals surface area contributed by atoms with Gasteiger partial charge in [-0.05, 0) is 68.5 Å². The number of benzene rings is 2. The monoisotopic (exact) mass is 590 g/mol. The van der Waals surface area contributed by atoms with E-state index in [4.69, 9.17) is 9.72 Å². The van der Waals surface area contributed by atoms with Crippen molar-refractivity contribution in [3.8, 4) is 5.69 Å². The number of hydrogen-bond donors (Lipinski definition) is 2. The second kappa shape index (κ2) is 11.5. The second-order valence-electron chi connectivity index (χ2n) is 9.73. The van der Waals surface area contributed by atoms with E-state index in [9.17, 15) is 18.8 Å². The van der Waals surface area contributed by atoms with Gasteiger partial charge in [0.1, 0.15) is 21.9 Å². The lowest BCUT2D eigenvalue weighted by atomic mass is 10.1. The molecule has 6 rings (SSSR count). The second-order valence-corrected chi connectivity index (χ2v) is 11.8. The van der Waals surface area contributed by atoms with Gasteiger partial charge in [0.2, 0.25) is 5.91 Å². The molecule has 3 aromatic heterocycles. The molecule has 41 heavy (non-hydrogen) atoms. The Labute approximate surface area is 242 Å². The Bertz CT molecular complexity index is 1840. The van der Waals surface area contributed by atoms with Crippen molar-refractivity contribution in [1.29, 1.82) is 0 Å². The van der Waals surface area contributed by atoms with Crippen molar-refractivity contribution >= 4 is 61.9 Å². The highest BCUT2D eigenvalue weighted by molar-refractivity contribution is 7.99. The predicted molar refractivity (Wildman–Crippen MR) is 160 cm³/mol. The fourth-order valence-electron chi connectivity index (χ4n) is 5.20. The van der Waals surface area contributed by atoms with Crippen molar-refractivity contribution in [2.75, 3.05) is 17.7 Å². The van der Waals surface area contributed by atoms with Crippen molar-refractivity contribution in [3.05, 3.63) is 80.7 Å². The molecule has 0 radical (unpaired) electrons. The molecule has 0 aliphatic heterocycles. The highest BCUT2D eigenvalue weighted by Gasteiger charge is 2.27. The quantitative estimate of drug-likeness (QED) is 0.101. The Kier molecular flexibility index (Phi) is 7.63. The molecule has 1 aliphatic rings. The number of esters is 1. The van der Waals surface area contributed by atoms with E-state index in [0.717, 1.165) is 65.2 Å². The molecular weight excluding hydrogens is 563 g/mol. The highest BCUT2D eigenvalue weighted by atomic mass is 32.2. The number of anilines is 1. The molecule has 5 aromatic rings. The first kappa shape index (κ1) is 27.2. The molecule has 0 saturated carbocycles. The molecule has 0 unspecified atom stereocenters. The minimum atomic E-state index is -0.429. The molecule has 0 fully saturated rings. The number of thioether (sulfide) groups is 1. The summed E-state index contributed by atoms with van der Waals surface area (Å²) < 4.78 is 20.4. The van der Waals surface area contributed by atoms with Crippen LogP contribution in [0.15, 0.2) is 58.5 Å². The summed E-state index contributed by atoms with van der Waals surface area (Å²) in [5.41, 5.74) is 3.09. The van der Waals surface area contributed by atoms with Crippen molar-refractivity contribution < 1.29 is 18.7 Å². The smallest absolute Gasteiger partial charge is 0.341 e. The van der Waals surface area contributed by atoms with Crippen molar-refractivity contribution in [2.45, 2.75) is 44.2 Å². The van der Waals surface area contributed by atoms with Crippen LogP contribution in [0.5, 0.6) is 0 Å². The molecule has 0 bridgehead atoms. The van der Waals surface area contributed by atoms with Crippen LogP contribution in [0.1, 0.15) is 47.0 Å². The standard InChI is InChI=1S/C30H27FN4O4S2/c1-2-39-29(38)24-20-9-4-3-5-11-22(20)41-27(24)33-23(36)16-40-30-34-25-19-8-6-7-10-21(19)32-26(25)28(37)35(30)18-14-12-17(31)13-15-18/h6-8,10,12-15,32H,2-5,9,11,16H2,1H3,(H,33,36). The summed E-state index contributed by atoms with van der Waals surface area (Å²) >= 11 is 2.53. The van der Waals surface area contributed by atoms with Gasteiger partial charge in [0.05, 0.1) is 23.6 Å². The lowest BCUT2D eigenvalue weighted by Crippen LogP contribution is -2.23. The van der Waals surface area contributed by atoms with Gasteiger partial charge in [-0.3, -0.25) is 14.2 Å². The molecule has 0 spiro atoms. The molecule has 3 heterocycles. The van der Waals surface area contributed by atoms with E-state index in [0.29, 0.717) is 32.4 Å². The van der Waals surface area contributed by atoms with E-state index >= 15 is 0 Å². The zero-order valence-corrected chi connectivity index (χ0v) is 23.9. The molecular formula is C30H27FN4O4S2. The summed E-state index contributed by atoms with van der Waals surface area (Å²) in [6.45, 7) is 2.01. The molecule has 8 nitrogen and oxygen atoms in total. The van der Waals surface area contributed by atoms with E-state index < -0.39 is 11.8 Å². The van der Waals surface area contributed by atoms with Crippen LogP contribution >= 0.6 is 23.1 Å². The third-order valence-corrected chi connectivity index (χ3v) is 9.21. The summed E-state index contributed by atoms with van der Waals surface area (Å²) in [5, 5.41) is 4.51. The van der Waals surface area contributed by atoms with Gasteiger partial charge < -0.3 is 15.0 Å². The summed E-state index contributed by atoms with van der Waals surface area (Å²) in [4.78, 5) is 48.9. The number of aromatic amines is 1. The predicted octanol–water partition coefficient (Wildman–Crippen LogP) is 6.24. The first-order valence-corrected chi connectivity index (χ1v) is 15.3. The Hall–Kier alpha value is -3.96. The van der Waals surface area contributed by atoms with Gasteiger partial charge in [0.15, 0.2) is 5.16 Å². The van der Waals surface area contributed by atoms with Gasteiger partial charge in [-0.15, -0.1) is 11.3 Å². The number of thiophene rings is 1. The Balaban J connectivity index is 1.34. The number of carbonyl (C=O) groups is 2. The minimum absolute atomic E-state index is 0.0632. The van der Waals surface area contributed by atoms with Crippen LogP contribution < -0.4 is 10.9 Å². The lowest BCUT2D eigenvalue weighted by Gasteiger charge is -2.12. The number of nitrogens with one attached hydrogen (secondary N) is 2. The summed E-state index contributed by atoms with van der Waals surface area (Å²) in [6, 6.07) is 13.0. The number of carbonyl (C=O) groups excluding carboxylic acids is 2. The summed E-state index contributed by atoms with van der Waals surface area (Å²) in [5.74, 6) is -1.25. The number of halogens is 1. The number of aromatic nitrogens is 3. The van der Waals surface area contributed by atoms with Gasteiger partial charge in [0.25, 0.3) is 5.56 Å². The fourth-order valence-corrected chi connectivity index (χ4v) is 7.30. The number of amides is 1. The third-order valence-electron chi connectivity index (χ3n) is 7.07. The van der Waals surface area contributed by atoms with E-state index in [1.54, 1.807) is 6.92 Å². The molecule has 0 atom stereocenters. The number of fused-ring (bicyclic) bond motifs is 4. The molecule has 2 N–H and O–H groups in total. The molecule has 210 valence electrons. The lowest BCUT2D eigenvalue weighted by molar-refractivity contribution is -0.113. The van der Waals surface area contributed by atoms with Gasteiger partial charge in [-0.2, -0.15) is 0 Å². The number of hydrogen-bond acceptors (Lipinski definition) is 7. The van der Waals surface area contributed by atoms with Crippen LogP contribution in [-0.2, 0) is 22.4 Å². The third kappa shape index (κ3) is 5.27. The maximum atomic E-state index is 13.7. The average Bonchev–Trinajstić information content (AvgIpc) is 3.42. The number of ether oxygens (including phenoxy) is 1. The van der Waals surface area contributed by atoms with Crippen molar-refractivity contribution in [2.24, 2.45) is 0 Å². The minimum Gasteiger partial charge on any atom is -0.462 e. The zero-order chi connectivity index (χ0) is 28.5. The van der Waals surface area contributed by atoms with E-state index in [2.05, 4.69) is 10.3 Å². The Morgan fingerprint density at radius 2 is 1.90 bits per heavy atom. The molecule has 0 saturated heterocycles. The highest BCUT2D eigenvalue weighted by Crippen LogP contribution is 2.38. The van der Waals surface area contributed by atoms with Gasteiger partial charge in [0, 0.05) is 15.8 Å². The molecule has 1 amide bonds.